The van der Waals surface area contributed by atoms with Gasteiger partial charge in [-0.15, -0.1) is 0 Å². The highest BCUT2D eigenvalue weighted by Gasteiger charge is 2.18. The van der Waals surface area contributed by atoms with Crippen molar-refractivity contribution in [3.05, 3.63) is 12.3 Å². The summed E-state index contributed by atoms with van der Waals surface area (Å²) < 4.78 is 4.76. The van der Waals surface area contributed by atoms with Crippen LogP contribution in [0.2, 0.25) is 0 Å². The number of aliphatic carboxylic acids is 1. The molecule has 0 spiro atoms. The predicted molar refractivity (Wildman–Crippen MR) is 30.9 cm³/mol. The average Bonchev–Trinajstić information content (AvgIpc) is 1.90. The average molecular weight is 128 g/mol. The number of carboxylic acids is 1. The highest BCUT2D eigenvalue weighted by atomic mass is 16.5. The van der Waals surface area contributed by atoms with Gasteiger partial charge in [0.2, 0.25) is 0 Å². The lowest BCUT2D eigenvalue weighted by Crippen LogP contribution is -2.23. The lowest BCUT2D eigenvalue weighted by Gasteiger charge is -2.13. The zero-order valence-electron chi connectivity index (χ0n) is 4.91. The first kappa shape index (κ1) is 6.13. The van der Waals surface area contributed by atoms with Gasteiger partial charge in [0, 0.05) is 0 Å². The monoisotopic (exact) mass is 128 g/mol. The van der Waals surface area contributed by atoms with Crippen LogP contribution in [0, 0.1) is 0 Å². The highest BCUT2D eigenvalue weighted by Crippen LogP contribution is 2.09. The van der Waals surface area contributed by atoms with E-state index in [-0.39, 0.29) is 0 Å². The summed E-state index contributed by atoms with van der Waals surface area (Å²) in [6, 6.07) is 0. The number of rotatable bonds is 1. The fourth-order valence-electron chi connectivity index (χ4n) is 0.716. The van der Waals surface area contributed by atoms with Gasteiger partial charge in [0.15, 0.2) is 6.10 Å². The largest absolute Gasteiger partial charge is 0.487 e. The van der Waals surface area contributed by atoms with Gasteiger partial charge in [-0.25, -0.2) is 4.79 Å². The van der Waals surface area contributed by atoms with E-state index in [4.69, 9.17) is 9.84 Å². The van der Waals surface area contributed by atoms with Crippen LogP contribution in [0.4, 0.5) is 0 Å². The summed E-state index contributed by atoms with van der Waals surface area (Å²) >= 11 is 0. The Kier molecular flexibility index (Phi) is 1.72. The van der Waals surface area contributed by atoms with Crippen molar-refractivity contribution in [2.24, 2.45) is 0 Å². The predicted octanol–water partition coefficient (Wildman–Crippen LogP) is 0.764. The summed E-state index contributed by atoms with van der Waals surface area (Å²) in [5, 5.41) is 8.38. The smallest absolute Gasteiger partial charge is 0.344 e. The molecule has 0 saturated carbocycles. The Labute approximate surface area is 52.9 Å². The molecule has 0 aliphatic carbocycles. The van der Waals surface area contributed by atoms with Crippen molar-refractivity contribution in [2.75, 3.05) is 0 Å². The maximum absolute atomic E-state index is 10.2. The minimum Gasteiger partial charge on any atom is -0.487 e. The van der Waals surface area contributed by atoms with Gasteiger partial charge in [-0.3, -0.25) is 0 Å². The van der Waals surface area contributed by atoms with Crippen LogP contribution in [-0.2, 0) is 9.53 Å². The van der Waals surface area contributed by atoms with E-state index in [2.05, 4.69) is 0 Å². The van der Waals surface area contributed by atoms with E-state index < -0.39 is 12.1 Å². The minimum absolute atomic E-state index is 0.589. The van der Waals surface area contributed by atoms with Crippen molar-refractivity contribution in [1.82, 2.24) is 0 Å². The molecule has 0 aromatic heterocycles. The van der Waals surface area contributed by atoms with Gasteiger partial charge in [0.1, 0.15) is 0 Å². The molecular weight excluding hydrogens is 120 g/mol. The minimum atomic E-state index is -0.876. The molecule has 0 amide bonds. The SMILES string of the molecule is O=C(O)C1CCC=CO1. The Balaban J connectivity index is 2.44. The fraction of sp³-hybridized carbons (Fsp3) is 0.500. The fourth-order valence-corrected chi connectivity index (χ4v) is 0.716. The van der Waals surface area contributed by atoms with Crippen LogP contribution in [0.25, 0.3) is 0 Å². The molecule has 3 heteroatoms. The third kappa shape index (κ3) is 1.45. The number of carbonyl (C=O) groups is 1. The lowest BCUT2D eigenvalue weighted by molar-refractivity contribution is -0.147. The molecule has 1 aliphatic rings. The maximum Gasteiger partial charge on any atom is 0.344 e. The molecule has 0 saturated heterocycles. The van der Waals surface area contributed by atoms with Gasteiger partial charge in [-0.2, -0.15) is 0 Å². The van der Waals surface area contributed by atoms with E-state index in [1.807, 2.05) is 6.08 Å². The maximum atomic E-state index is 10.2. The first-order valence-electron chi connectivity index (χ1n) is 2.84. The van der Waals surface area contributed by atoms with E-state index in [1.54, 1.807) is 0 Å². The molecule has 0 fully saturated rings. The number of carboxylic acid groups (broad SMARTS) is 1. The van der Waals surface area contributed by atoms with E-state index in [9.17, 15) is 4.79 Å². The van der Waals surface area contributed by atoms with Crippen molar-refractivity contribution in [3.63, 3.8) is 0 Å². The van der Waals surface area contributed by atoms with Crippen LogP contribution >= 0.6 is 0 Å². The number of allylic oxidation sites excluding steroid dienone is 1. The van der Waals surface area contributed by atoms with E-state index >= 15 is 0 Å². The topological polar surface area (TPSA) is 46.5 Å². The molecule has 1 aliphatic heterocycles. The van der Waals surface area contributed by atoms with Crippen molar-refractivity contribution in [3.8, 4) is 0 Å². The Morgan fingerprint density at radius 2 is 2.56 bits per heavy atom. The standard InChI is InChI=1S/C6H8O3/c7-6(8)5-3-1-2-4-9-5/h2,4-5H,1,3H2,(H,7,8). The second-order valence-electron chi connectivity index (χ2n) is 1.91. The molecule has 1 rings (SSSR count). The molecule has 0 aromatic rings. The molecular formula is C6H8O3. The van der Waals surface area contributed by atoms with Crippen molar-refractivity contribution in [2.45, 2.75) is 18.9 Å². The summed E-state index contributed by atoms with van der Waals surface area (Å²) in [6.07, 6.45) is 4.04. The number of hydrogen-bond donors (Lipinski definition) is 1. The van der Waals surface area contributed by atoms with Crippen LogP contribution < -0.4 is 0 Å². The van der Waals surface area contributed by atoms with Crippen LogP contribution in [-0.4, -0.2) is 17.2 Å². The molecule has 1 heterocycles. The summed E-state index contributed by atoms with van der Waals surface area (Å²) in [4.78, 5) is 10.2. The second kappa shape index (κ2) is 2.53. The molecule has 1 unspecified atom stereocenters. The van der Waals surface area contributed by atoms with Gasteiger partial charge in [0.05, 0.1) is 6.26 Å². The summed E-state index contributed by atoms with van der Waals surface area (Å²) in [6.45, 7) is 0. The second-order valence-corrected chi connectivity index (χ2v) is 1.91. The molecule has 0 bridgehead atoms. The quantitative estimate of drug-likeness (QED) is 0.567. The van der Waals surface area contributed by atoms with Crippen LogP contribution in [0.3, 0.4) is 0 Å². The summed E-state index contributed by atoms with van der Waals surface area (Å²) in [5.74, 6) is -0.876. The van der Waals surface area contributed by atoms with Crippen LogP contribution in [0.15, 0.2) is 12.3 Å². The zero-order chi connectivity index (χ0) is 6.69. The van der Waals surface area contributed by atoms with Gasteiger partial charge >= 0.3 is 5.97 Å². The Morgan fingerprint density at radius 1 is 1.78 bits per heavy atom. The molecule has 1 atom stereocenters. The third-order valence-corrected chi connectivity index (χ3v) is 1.21. The first-order chi connectivity index (χ1) is 4.30. The van der Waals surface area contributed by atoms with Gasteiger partial charge in [-0.1, -0.05) is 0 Å². The Morgan fingerprint density at radius 3 is 2.89 bits per heavy atom. The normalized spacial score (nSPS) is 25.1. The summed E-state index contributed by atoms with van der Waals surface area (Å²) in [5.41, 5.74) is 0. The van der Waals surface area contributed by atoms with E-state index in [0.29, 0.717) is 6.42 Å². The van der Waals surface area contributed by atoms with Gasteiger partial charge in [-0.05, 0) is 18.9 Å². The van der Waals surface area contributed by atoms with E-state index in [0.717, 1.165) is 6.42 Å². The van der Waals surface area contributed by atoms with Gasteiger partial charge < -0.3 is 9.84 Å². The first-order valence-corrected chi connectivity index (χ1v) is 2.84. The number of hydrogen-bond acceptors (Lipinski definition) is 2. The van der Waals surface area contributed by atoms with Crippen molar-refractivity contribution in [1.29, 1.82) is 0 Å². The van der Waals surface area contributed by atoms with Crippen molar-refractivity contribution >= 4 is 5.97 Å². The molecule has 0 radical (unpaired) electrons. The highest BCUT2D eigenvalue weighted by molar-refractivity contribution is 5.72. The third-order valence-electron chi connectivity index (χ3n) is 1.21. The van der Waals surface area contributed by atoms with E-state index in [1.165, 1.54) is 6.26 Å². The van der Waals surface area contributed by atoms with Crippen molar-refractivity contribution < 1.29 is 14.6 Å². The molecule has 1 N–H and O–H groups in total. The Hall–Kier alpha value is -0.990. The lowest BCUT2D eigenvalue weighted by atomic mass is 10.2. The Bertz CT molecular complexity index is 139. The van der Waals surface area contributed by atoms with Crippen LogP contribution in [0.1, 0.15) is 12.8 Å². The molecule has 3 nitrogen and oxygen atoms in total. The molecule has 9 heavy (non-hydrogen) atoms. The van der Waals surface area contributed by atoms with Crippen LogP contribution in [0.5, 0.6) is 0 Å². The summed E-state index contributed by atoms with van der Waals surface area (Å²) in [7, 11) is 0. The van der Waals surface area contributed by atoms with Gasteiger partial charge in [0.25, 0.3) is 0 Å². The number of ether oxygens (including phenoxy) is 1. The molecule has 0 aromatic carbocycles. The molecule has 50 valence electrons. The zero-order valence-corrected chi connectivity index (χ0v) is 4.91.